The Balaban J connectivity index is 3.01. The van der Waals surface area contributed by atoms with Gasteiger partial charge in [0, 0.05) is 12.6 Å². The molecule has 0 rings (SSSR count). The molecule has 0 aliphatic rings. The lowest BCUT2D eigenvalue weighted by atomic mass is 10.1. The predicted octanol–water partition coefficient (Wildman–Crippen LogP) is 1.66. The predicted molar refractivity (Wildman–Crippen MR) is 48.8 cm³/mol. The Morgan fingerprint density at radius 3 is 2.36 bits per heavy atom. The van der Waals surface area contributed by atoms with Gasteiger partial charge in [0.05, 0.1) is 6.61 Å². The molecular formula is C9H21NO. The fraction of sp³-hybridized carbons (Fsp3) is 1.00. The molecule has 0 saturated heterocycles. The Morgan fingerprint density at radius 1 is 1.27 bits per heavy atom. The van der Waals surface area contributed by atoms with E-state index in [1.54, 1.807) is 0 Å². The molecule has 0 saturated carbocycles. The normalized spacial score (nSPS) is 13.9. The number of likely N-dealkylation sites (N-methyl/N-ethyl adjacent to an activating group) is 1. The van der Waals surface area contributed by atoms with Crippen molar-refractivity contribution in [3.05, 3.63) is 0 Å². The Labute approximate surface area is 70.3 Å². The van der Waals surface area contributed by atoms with Crippen LogP contribution in [0.25, 0.3) is 0 Å². The second-order valence-corrected chi connectivity index (χ2v) is 3.45. The van der Waals surface area contributed by atoms with Crippen molar-refractivity contribution in [1.29, 1.82) is 0 Å². The summed E-state index contributed by atoms with van der Waals surface area (Å²) in [6.45, 7) is 8.26. The van der Waals surface area contributed by atoms with E-state index in [0.29, 0.717) is 6.04 Å². The average Bonchev–Trinajstić information content (AvgIpc) is 1.97. The standard InChI is InChI=1S/C9H21NO/c1-8(2)5-6-11-7-9(3)10-4/h8-10H,5-7H2,1-4H3. The summed E-state index contributed by atoms with van der Waals surface area (Å²) in [4.78, 5) is 0. The summed E-state index contributed by atoms with van der Waals surface area (Å²) in [5.74, 6) is 0.750. The van der Waals surface area contributed by atoms with Gasteiger partial charge in [-0.3, -0.25) is 0 Å². The van der Waals surface area contributed by atoms with Gasteiger partial charge < -0.3 is 10.1 Å². The summed E-state index contributed by atoms with van der Waals surface area (Å²) < 4.78 is 5.43. The first kappa shape index (κ1) is 10.9. The van der Waals surface area contributed by atoms with E-state index in [2.05, 4.69) is 26.1 Å². The number of ether oxygens (including phenoxy) is 1. The molecule has 0 fully saturated rings. The molecule has 0 aromatic rings. The van der Waals surface area contributed by atoms with Crippen molar-refractivity contribution < 1.29 is 4.74 Å². The maximum Gasteiger partial charge on any atom is 0.0616 e. The summed E-state index contributed by atoms with van der Waals surface area (Å²) in [6.07, 6.45) is 1.16. The summed E-state index contributed by atoms with van der Waals surface area (Å²) >= 11 is 0. The van der Waals surface area contributed by atoms with Crippen molar-refractivity contribution in [2.75, 3.05) is 20.3 Å². The molecule has 11 heavy (non-hydrogen) atoms. The first-order chi connectivity index (χ1) is 5.16. The molecule has 0 radical (unpaired) electrons. The van der Waals surface area contributed by atoms with Crippen molar-refractivity contribution in [3.8, 4) is 0 Å². The molecule has 0 spiro atoms. The highest BCUT2D eigenvalue weighted by Crippen LogP contribution is 1.98. The molecule has 0 aromatic heterocycles. The Hall–Kier alpha value is -0.0800. The van der Waals surface area contributed by atoms with Gasteiger partial charge in [-0.2, -0.15) is 0 Å². The third-order valence-electron chi connectivity index (χ3n) is 1.70. The SMILES string of the molecule is CNC(C)COCCC(C)C. The molecule has 0 aliphatic carbocycles. The van der Waals surface area contributed by atoms with Gasteiger partial charge in [-0.25, -0.2) is 0 Å². The van der Waals surface area contributed by atoms with Gasteiger partial charge in [0.25, 0.3) is 0 Å². The van der Waals surface area contributed by atoms with Crippen molar-refractivity contribution in [1.82, 2.24) is 5.32 Å². The molecule has 2 heteroatoms. The van der Waals surface area contributed by atoms with Crippen LogP contribution in [0.2, 0.25) is 0 Å². The molecule has 0 amide bonds. The van der Waals surface area contributed by atoms with Gasteiger partial charge in [0.15, 0.2) is 0 Å². The van der Waals surface area contributed by atoms with Gasteiger partial charge in [0.2, 0.25) is 0 Å². The lowest BCUT2D eigenvalue weighted by molar-refractivity contribution is 0.108. The van der Waals surface area contributed by atoms with E-state index in [-0.39, 0.29) is 0 Å². The van der Waals surface area contributed by atoms with E-state index in [1.807, 2.05) is 7.05 Å². The highest BCUT2D eigenvalue weighted by atomic mass is 16.5. The maximum absolute atomic E-state index is 5.43. The zero-order valence-electron chi connectivity index (χ0n) is 8.18. The van der Waals surface area contributed by atoms with Crippen LogP contribution >= 0.6 is 0 Å². The maximum atomic E-state index is 5.43. The third-order valence-corrected chi connectivity index (χ3v) is 1.70. The summed E-state index contributed by atoms with van der Waals surface area (Å²) in [6, 6.07) is 0.474. The van der Waals surface area contributed by atoms with Gasteiger partial charge >= 0.3 is 0 Å². The first-order valence-electron chi connectivity index (χ1n) is 4.41. The van der Waals surface area contributed by atoms with Crippen LogP contribution in [-0.2, 0) is 4.74 Å². The molecule has 0 heterocycles. The van der Waals surface area contributed by atoms with Crippen molar-refractivity contribution in [3.63, 3.8) is 0 Å². The van der Waals surface area contributed by atoms with Gasteiger partial charge in [-0.05, 0) is 26.3 Å². The van der Waals surface area contributed by atoms with Gasteiger partial charge in [0.1, 0.15) is 0 Å². The van der Waals surface area contributed by atoms with Crippen LogP contribution in [0.3, 0.4) is 0 Å². The van der Waals surface area contributed by atoms with E-state index in [4.69, 9.17) is 4.74 Å². The Kier molecular flexibility index (Phi) is 6.57. The number of nitrogens with one attached hydrogen (secondary N) is 1. The largest absolute Gasteiger partial charge is 0.380 e. The smallest absolute Gasteiger partial charge is 0.0616 e. The van der Waals surface area contributed by atoms with E-state index >= 15 is 0 Å². The second kappa shape index (κ2) is 6.62. The molecule has 0 bridgehead atoms. The van der Waals surface area contributed by atoms with Crippen LogP contribution in [0.1, 0.15) is 27.2 Å². The molecule has 1 atom stereocenters. The molecular weight excluding hydrogens is 138 g/mol. The third kappa shape index (κ3) is 7.82. The van der Waals surface area contributed by atoms with Crippen LogP contribution in [0, 0.1) is 5.92 Å². The van der Waals surface area contributed by atoms with Crippen LogP contribution in [-0.4, -0.2) is 26.3 Å². The van der Waals surface area contributed by atoms with Crippen molar-refractivity contribution >= 4 is 0 Å². The fourth-order valence-corrected chi connectivity index (χ4v) is 0.662. The molecule has 68 valence electrons. The minimum atomic E-state index is 0.474. The zero-order chi connectivity index (χ0) is 8.69. The Morgan fingerprint density at radius 2 is 1.91 bits per heavy atom. The summed E-state index contributed by atoms with van der Waals surface area (Å²) in [7, 11) is 1.95. The van der Waals surface area contributed by atoms with Crippen molar-refractivity contribution in [2.24, 2.45) is 5.92 Å². The zero-order valence-corrected chi connectivity index (χ0v) is 8.18. The molecule has 1 N–H and O–H groups in total. The quantitative estimate of drug-likeness (QED) is 0.595. The number of hydrogen-bond donors (Lipinski definition) is 1. The van der Waals surface area contributed by atoms with Crippen LogP contribution in [0.5, 0.6) is 0 Å². The van der Waals surface area contributed by atoms with Crippen LogP contribution in [0.15, 0.2) is 0 Å². The van der Waals surface area contributed by atoms with E-state index in [1.165, 1.54) is 0 Å². The van der Waals surface area contributed by atoms with E-state index in [0.717, 1.165) is 25.6 Å². The minimum Gasteiger partial charge on any atom is -0.380 e. The highest BCUT2D eigenvalue weighted by molar-refractivity contribution is 4.53. The molecule has 0 aromatic carbocycles. The first-order valence-corrected chi connectivity index (χ1v) is 4.41. The average molecular weight is 159 g/mol. The highest BCUT2D eigenvalue weighted by Gasteiger charge is 1.98. The van der Waals surface area contributed by atoms with Crippen LogP contribution in [0.4, 0.5) is 0 Å². The number of rotatable bonds is 6. The molecule has 2 nitrogen and oxygen atoms in total. The van der Waals surface area contributed by atoms with Gasteiger partial charge in [-0.15, -0.1) is 0 Å². The van der Waals surface area contributed by atoms with Crippen LogP contribution < -0.4 is 5.32 Å². The van der Waals surface area contributed by atoms with Crippen molar-refractivity contribution in [2.45, 2.75) is 33.2 Å². The number of hydrogen-bond acceptors (Lipinski definition) is 2. The monoisotopic (exact) mass is 159 g/mol. The summed E-state index contributed by atoms with van der Waals surface area (Å²) in [5, 5.41) is 3.13. The summed E-state index contributed by atoms with van der Waals surface area (Å²) in [5.41, 5.74) is 0. The fourth-order valence-electron chi connectivity index (χ4n) is 0.662. The molecule has 1 unspecified atom stereocenters. The minimum absolute atomic E-state index is 0.474. The molecule has 0 aliphatic heterocycles. The second-order valence-electron chi connectivity index (χ2n) is 3.45. The lowest BCUT2D eigenvalue weighted by Gasteiger charge is -2.11. The van der Waals surface area contributed by atoms with Gasteiger partial charge in [-0.1, -0.05) is 13.8 Å². The topological polar surface area (TPSA) is 21.3 Å². The lowest BCUT2D eigenvalue weighted by Crippen LogP contribution is -2.26. The van der Waals surface area contributed by atoms with E-state index < -0.39 is 0 Å². The Bertz CT molecular complexity index is 83.6. The van der Waals surface area contributed by atoms with E-state index in [9.17, 15) is 0 Å².